The van der Waals surface area contributed by atoms with Gasteiger partial charge in [0.05, 0.1) is 0 Å². The minimum absolute atomic E-state index is 0. The molecular formula is H4CaNa3O12P3. The van der Waals surface area contributed by atoms with Crippen LogP contribution in [0.5, 0.6) is 0 Å². The van der Waals surface area contributed by atoms with Gasteiger partial charge in [-0.05, 0) is 0 Å². The predicted molar refractivity (Wildman–Crippen MR) is 33.0 cm³/mol. The molecule has 0 aromatic heterocycles. The molecule has 12 nitrogen and oxygen atoms in total. The zero-order chi connectivity index (χ0) is 13.5. The van der Waals surface area contributed by atoms with E-state index in [9.17, 15) is 0 Å². The van der Waals surface area contributed by atoms with Crippen molar-refractivity contribution in [2.45, 2.75) is 0 Å². The topological polar surface area (TPSA) is 259 Å². The molecule has 19 heavy (non-hydrogen) atoms. The normalized spacial score (nSPS) is 9.32. The molecule has 0 saturated heterocycles. The maximum Gasteiger partial charge on any atom is 2.00 e. The van der Waals surface area contributed by atoms with Crippen LogP contribution in [0.4, 0.5) is 0 Å². The Morgan fingerprint density at radius 3 is 0.474 bits per heavy atom. The van der Waals surface area contributed by atoms with Gasteiger partial charge in [0.25, 0.3) is 0 Å². The Kier molecular flexibility index (Phi) is 47.5. The molecular weight excluding hydrogens is 394 g/mol. The van der Waals surface area contributed by atoms with Gasteiger partial charge in [0.1, 0.15) is 0 Å². The van der Waals surface area contributed by atoms with Crippen LogP contribution in [0.2, 0.25) is 0 Å². The summed E-state index contributed by atoms with van der Waals surface area (Å²) in [4.78, 5) is 76.9. The van der Waals surface area contributed by atoms with Gasteiger partial charge in [0.2, 0.25) is 0 Å². The number of phosphoric acid groups is 3. The van der Waals surface area contributed by atoms with Crippen LogP contribution >= 0.6 is 23.5 Å². The van der Waals surface area contributed by atoms with Gasteiger partial charge < -0.3 is 57.7 Å². The molecule has 96 valence electrons. The van der Waals surface area contributed by atoms with Gasteiger partial charge in [0, 0.05) is 0 Å². The van der Waals surface area contributed by atoms with E-state index in [1.165, 1.54) is 0 Å². The van der Waals surface area contributed by atoms with E-state index in [0.29, 0.717) is 0 Å². The first-order chi connectivity index (χ1) is 6.00. The van der Waals surface area contributed by atoms with Crippen molar-refractivity contribution in [2.24, 2.45) is 0 Å². The Morgan fingerprint density at radius 2 is 0.474 bits per heavy atom. The molecule has 0 atom stereocenters. The third-order valence-corrected chi connectivity index (χ3v) is 0. The molecule has 0 aromatic rings. The molecule has 0 fully saturated rings. The van der Waals surface area contributed by atoms with Crippen LogP contribution < -0.4 is 133 Å². The second-order valence-electron chi connectivity index (χ2n) is 1.34. The SMILES string of the molecule is O=P([O-])([O-])[O-].O=P([O-])([O-])[O-].O=P([O-])([O-])[O-].[Ca+2].[H+].[H+].[H+].[H+].[Na+].[Na+].[Na+]. The summed E-state index contributed by atoms with van der Waals surface area (Å²) >= 11 is 0. The van der Waals surface area contributed by atoms with Crippen molar-refractivity contribution in [3.8, 4) is 0 Å². The van der Waals surface area contributed by atoms with Crippen molar-refractivity contribution < 1.29 is 152 Å². The second-order valence-corrected chi connectivity index (χ2v) is 4.02. The molecule has 0 heterocycles. The van der Waals surface area contributed by atoms with Crippen LogP contribution in [0, 0.1) is 0 Å². The zero-order valence-electron chi connectivity index (χ0n) is 13.9. The summed E-state index contributed by atoms with van der Waals surface area (Å²) in [6.45, 7) is 0. The summed E-state index contributed by atoms with van der Waals surface area (Å²) in [5.74, 6) is 0. The summed E-state index contributed by atoms with van der Waals surface area (Å²) in [5, 5.41) is 0. The van der Waals surface area contributed by atoms with Gasteiger partial charge in [-0.3, -0.25) is 0 Å². The molecule has 0 aliphatic heterocycles. The van der Waals surface area contributed by atoms with Gasteiger partial charge in [-0.1, -0.05) is 0 Å². The molecule has 0 bridgehead atoms. The molecule has 0 unspecified atom stereocenters. The Bertz CT molecular complexity index is 230. The third-order valence-electron chi connectivity index (χ3n) is 0. The van der Waals surface area contributed by atoms with Gasteiger partial charge in [-0.2, -0.15) is 23.5 Å². The largest absolute Gasteiger partial charge is 2.00 e. The molecule has 0 rings (SSSR count). The van der Waals surface area contributed by atoms with Crippen LogP contribution in [-0.4, -0.2) is 37.7 Å². The second kappa shape index (κ2) is 20.6. The summed E-state index contributed by atoms with van der Waals surface area (Å²) in [6.07, 6.45) is 0. The number of rotatable bonds is 0. The number of hydrogen-bond acceptors (Lipinski definition) is 12. The smallest absolute Gasteiger partial charge is 0.822 e. The van der Waals surface area contributed by atoms with E-state index in [-0.39, 0.29) is 132 Å². The monoisotopic (exact) mass is 398 g/mol. The molecule has 0 aliphatic rings. The van der Waals surface area contributed by atoms with Gasteiger partial charge >= 0.3 is 132 Å². The molecule has 0 N–H and O–H groups in total. The zero-order valence-corrected chi connectivity index (χ0v) is 20.8. The average Bonchev–Trinajstić information content (AvgIpc) is 1.41. The van der Waals surface area contributed by atoms with Crippen LogP contribution in [-0.2, 0) is 13.7 Å². The summed E-state index contributed by atoms with van der Waals surface area (Å²) in [5.41, 5.74) is 0. The van der Waals surface area contributed by atoms with Crippen molar-refractivity contribution >= 4 is 61.2 Å². The van der Waals surface area contributed by atoms with Crippen LogP contribution in [0.3, 0.4) is 0 Å². The fraction of sp³-hybridized carbons (Fsp3) is 0. The average molecular weight is 398 g/mol. The maximum atomic E-state index is 8.55. The maximum absolute atomic E-state index is 8.55. The molecule has 0 saturated carbocycles. The molecule has 0 amide bonds. The van der Waals surface area contributed by atoms with Crippen LogP contribution in [0.25, 0.3) is 0 Å². The van der Waals surface area contributed by atoms with Crippen molar-refractivity contribution in [3.05, 3.63) is 0 Å². The number of hydrogen-bond donors (Lipinski definition) is 0. The van der Waals surface area contributed by atoms with Gasteiger partial charge in [0.15, 0.2) is 0 Å². The summed E-state index contributed by atoms with van der Waals surface area (Å²) in [6, 6.07) is 0. The van der Waals surface area contributed by atoms with Crippen LogP contribution in [0.15, 0.2) is 0 Å². The van der Waals surface area contributed by atoms with Gasteiger partial charge in [-0.25, -0.2) is 0 Å². The van der Waals surface area contributed by atoms with Crippen molar-refractivity contribution in [1.82, 2.24) is 0 Å². The van der Waals surface area contributed by atoms with Crippen molar-refractivity contribution in [3.63, 3.8) is 0 Å². The molecule has 0 spiro atoms. The minimum Gasteiger partial charge on any atom is -0.822 e. The summed E-state index contributed by atoms with van der Waals surface area (Å²) in [7, 11) is -16.2. The van der Waals surface area contributed by atoms with Crippen molar-refractivity contribution in [1.29, 1.82) is 0 Å². The Hall–Kier alpha value is 4.59. The van der Waals surface area contributed by atoms with Crippen LogP contribution in [0.1, 0.15) is 5.71 Å². The van der Waals surface area contributed by atoms with E-state index >= 15 is 0 Å². The fourth-order valence-corrected chi connectivity index (χ4v) is 0. The standard InChI is InChI=1S/Ca.3Na.3H3O4P/c;;;;3*1-5(2,3)4/h;;;;3*(H3,1,2,3,4)/q+2;3*+1;;;/p-5. The fourth-order valence-electron chi connectivity index (χ4n) is 0. The molecule has 0 radical (unpaired) electrons. The predicted octanol–water partition coefficient (Wildman–Crippen LogP) is -17.4. The van der Waals surface area contributed by atoms with E-state index in [2.05, 4.69) is 0 Å². The Morgan fingerprint density at radius 1 is 0.474 bits per heavy atom. The van der Waals surface area contributed by atoms with Crippen molar-refractivity contribution in [2.75, 3.05) is 0 Å². The van der Waals surface area contributed by atoms with E-state index in [1.54, 1.807) is 0 Å². The molecule has 0 aliphatic carbocycles. The summed E-state index contributed by atoms with van der Waals surface area (Å²) < 4.78 is 25.6. The van der Waals surface area contributed by atoms with Gasteiger partial charge in [-0.15, -0.1) is 0 Å². The first-order valence-electron chi connectivity index (χ1n) is 2.19. The quantitative estimate of drug-likeness (QED) is 0.272. The third kappa shape index (κ3) is 455. The molecule has 0 aromatic carbocycles. The van der Waals surface area contributed by atoms with E-state index in [4.69, 9.17) is 57.7 Å². The minimum atomic E-state index is -5.39. The molecule has 19 heteroatoms. The first-order valence-corrected chi connectivity index (χ1v) is 6.57. The first kappa shape index (κ1) is 43.7. The van der Waals surface area contributed by atoms with E-state index < -0.39 is 23.5 Å². The van der Waals surface area contributed by atoms with E-state index in [1.807, 2.05) is 0 Å². The van der Waals surface area contributed by atoms with E-state index in [0.717, 1.165) is 0 Å². The Labute approximate surface area is 209 Å². The Balaban J connectivity index is -0.00000000889.